The first-order valence-corrected chi connectivity index (χ1v) is 13.7. The lowest BCUT2D eigenvalue weighted by Crippen LogP contribution is -2.71. The molecule has 0 saturated carbocycles. The number of aliphatic carboxylic acids is 1. The lowest BCUT2D eigenvalue weighted by Gasteiger charge is -2.49. The molecule has 196 valence electrons. The van der Waals surface area contributed by atoms with Crippen molar-refractivity contribution in [2.75, 3.05) is 18.6 Å². The molecule has 0 aliphatic carbocycles. The highest BCUT2D eigenvalue weighted by molar-refractivity contribution is 8.00. The number of carboxylic acid groups (broad SMARTS) is 2. The Kier molecular flexibility index (Phi) is 6.77. The van der Waals surface area contributed by atoms with Crippen LogP contribution in [0.2, 0.25) is 0 Å². The molecule has 2 aliphatic rings. The molecule has 2 amide bonds. The minimum absolute atomic E-state index is 0.142. The van der Waals surface area contributed by atoms with E-state index in [2.05, 4.69) is 15.5 Å². The second-order valence-electron chi connectivity index (χ2n) is 8.16. The Labute approximate surface area is 226 Å². The lowest BCUT2D eigenvalue weighted by molar-refractivity contribution is -0.687. The molecule has 38 heavy (non-hydrogen) atoms. The largest absolute Gasteiger partial charge is 0.478 e. The fourth-order valence-corrected chi connectivity index (χ4v) is 6.99. The van der Waals surface area contributed by atoms with E-state index in [0.717, 1.165) is 20.9 Å². The van der Waals surface area contributed by atoms with Crippen LogP contribution in [-0.4, -0.2) is 73.8 Å². The Bertz CT molecular complexity index is 1560. The van der Waals surface area contributed by atoms with Crippen molar-refractivity contribution in [2.24, 2.45) is 5.16 Å². The molecule has 0 aromatic carbocycles. The number of β-lactam (4-membered cyclic amide) rings is 1. The first-order valence-electron chi connectivity index (χ1n) is 10.9. The molecule has 1 saturated heterocycles. The summed E-state index contributed by atoms with van der Waals surface area (Å²) in [5.41, 5.74) is 6.16. The predicted molar refractivity (Wildman–Crippen MR) is 139 cm³/mol. The average molecular weight is 576 g/mol. The number of aromatic carboxylic acids is 1. The van der Waals surface area contributed by atoms with Crippen LogP contribution < -0.4 is 15.6 Å². The number of thiazole rings is 1. The number of carbonyl (C=O) groups is 4. The SMILES string of the molecule is CON=C(C(=O)NC1C(=O)N2C(C(=O)O)=C(C[n+]3ccc4scc(C(=O)O)c4c3)CS[C@@H]12)c1csc(N)n1. The van der Waals surface area contributed by atoms with Gasteiger partial charge in [0, 0.05) is 32.9 Å². The maximum absolute atomic E-state index is 13.1. The molecule has 3 aromatic rings. The van der Waals surface area contributed by atoms with E-state index in [1.165, 1.54) is 35.6 Å². The maximum atomic E-state index is 13.1. The predicted octanol–water partition coefficient (Wildman–Crippen LogP) is 0.715. The molecular formula is C22H19N6O7S3+. The summed E-state index contributed by atoms with van der Waals surface area (Å²) in [7, 11) is 1.26. The number of anilines is 1. The van der Waals surface area contributed by atoms with Crippen LogP contribution in [0.3, 0.4) is 0 Å². The molecule has 16 heteroatoms. The third kappa shape index (κ3) is 4.46. The van der Waals surface area contributed by atoms with Crippen LogP contribution in [0.1, 0.15) is 16.1 Å². The number of amides is 2. The van der Waals surface area contributed by atoms with Crippen LogP contribution in [0.5, 0.6) is 0 Å². The number of pyridine rings is 1. The van der Waals surface area contributed by atoms with Crippen LogP contribution >= 0.6 is 34.4 Å². The molecule has 0 spiro atoms. The highest BCUT2D eigenvalue weighted by Gasteiger charge is 2.54. The number of rotatable bonds is 8. The van der Waals surface area contributed by atoms with Crippen LogP contribution in [-0.2, 0) is 25.8 Å². The minimum atomic E-state index is -1.27. The zero-order valence-corrected chi connectivity index (χ0v) is 21.9. The van der Waals surface area contributed by atoms with Crippen molar-refractivity contribution in [1.82, 2.24) is 15.2 Å². The summed E-state index contributed by atoms with van der Waals surface area (Å²) in [4.78, 5) is 59.6. The van der Waals surface area contributed by atoms with Gasteiger partial charge >= 0.3 is 11.9 Å². The summed E-state index contributed by atoms with van der Waals surface area (Å²) in [5, 5.41) is 28.9. The molecule has 13 nitrogen and oxygen atoms in total. The first-order chi connectivity index (χ1) is 18.2. The molecule has 5 N–H and O–H groups in total. The van der Waals surface area contributed by atoms with Gasteiger partial charge < -0.3 is 26.1 Å². The number of nitrogens with one attached hydrogen (secondary N) is 1. The highest BCUT2D eigenvalue weighted by atomic mass is 32.2. The van der Waals surface area contributed by atoms with Crippen molar-refractivity contribution in [3.8, 4) is 0 Å². The highest BCUT2D eigenvalue weighted by Crippen LogP contribution is 2.40. The van der Waals surface area contributed by atoms with Crippen LogP contribution in [0.4, 0.5) is 5.13 Å². The summed E-state index contributed by atoms with van der Waals surface area (Å²) >= 11 is 3.73. The van der Waals surface area contributed by atoms with Gasteiger partial charge in [-0.2, -0.15) is 0 Å². The van der Waals surface area contributed by atoms with Gasteiger partial charge in [0.2, 0.25) is 0 Å². The molecule has 0 radical (unpaired) electrons. The average Bonchev–Trinajstić information content (AvgIpc) is 3.51. The third-order valence-corrected chi connectivity index (χ3v) is 8.85. The van der Waals surface area contributed by atoms with Crippen molar-refractivity contribution in [2.45, 2.75) is 18.0 Å². The number of hydrogen-bond acceptors (Lipinski definition) is 11. The van der Waals surface area contributed by atoms with Crippen molar-refractivity contribution < 1.29 is 38.8 Å². The van der Waals surface area contributed by atoms with Gasteiger partial charge in [-0.1, -0.05) is 5.16 Å². The second-order valence-corrected chi connectivity index (χ2v) is 11.1. The fraction of sp³-hybridized carbons (Fsp3) is 0.227. The standard InChI is InChI=1S/C22H18N6O7S3/c1-35-26-14(12-8-38-22(23)24-12)17(29)25-15-18(30)28-16(21(33)34)9(6-37-19(15)28)4-27-3-2-13-10(5-27)11(7-36-13)20(31)32/h2-3,5,7-8,15,19H,4,6H2,1H3,(H4-,23,24,25,29,31,32,33,34)/p+1/t15?,19-/m0/s1. The van der Waals surface area contributed by atoms with Crippen molar-refractivity contribution in [3.63, 3.8) is 0 Å². The van der Waals surface area contributed by atoms with Gasteiger partial charge in [0.05, 0.1) is 10.9 Å². The molecule has 2 atom stereocenters. The summed E-state index contributed by atoms with van der Waals surface area (Å²) in [6.07, 6.45) is 3.39. The summed E-state index contributed by atoms with van der Waals surface area (Å²) in [5.74, 6) is -3.33. The van der Waals surface area contributed by atoms with Gasteiger partial charge in [0.1, 0.15) is 29.9 Å². The first kappa shape index (κ1) is 25.6. The van der Waals surface area contributed by atoms with Gasteiger partial charge in [0.15, 0.2) is 29.8 Å². The number of nitrogens with zero attached hydrogens (tertiary/aromatic N) is 4. The van der Waals surface area contributed by atoms with Crippen LogP contribution in [0.25, 0.3) is 10.1 Å². The zero-order valence-electron chi connectivity index (χ0n) is 19.5. The monoisotopic (exact) mass is 575 g/mol. The lowest BCUT2D eigenvalue weighted by atomic mass is 10.0. The van der Waals surface area contributed by atoms with Gasteiger partial charge in [-0.3, -0.25) is 14.5 Å². The number of carbonyl (C=O) groups excluding carboxylic acids is 2. The molecule has 5 rings (SSSR count). The zero-order chi connectivity index (χ0) is 27.1. The fourth-order valence-electron chi connectivity index (χ4n) is 4.21. The summed E-state index contributed by atoms with van der Waals surface area (Å²) in [6, 6.07) is 0.788. The number of carboxylic acids is 2. The number of hydrogen-bond donors (Lipinski definition) is 4. The Morgan fingerprint density at radius 2 is 2.08 bits per heavy atom. The number of oxime groups is 1. The Morgan fingerprint density at radius 1 is 1.29 bits per heavy atom. The van der Waals surface area contributed by atoms with Gasteiger partial charge in [0.25, 0.3) is 11.8 Å². The number of fused-ring (bicyclic) bond motifs is 2. The van der Waals surface area contributed by atoms with E-state index in [4.69, 9.17) is 10.6 Å². The summed E-state index contributed by atoms with van der Waals surface area (Å²) in [6.45, 7) is 0.142. The van der Waals surface area contributed by atoms with E-state index < -0.39 is 35.2 Å². The molecule has 1 unspecified atom stereocenters. The van der Waals surface area contributed by atoms with E-state index in [1.807, 2.05) is 0 Å². The van der Waals surface area contributed by atoms with Crippen LogP contribution in [0.15, 0.2) is 45.6 Å². The molecule has 2 aliphatic heterocycles. The van der Waals surface area contributed by atoms with Crippen molar-refractivity contribution in [3.05, 3.63) is 51.7 Å². The van der Waals surface area contributed by atoms with Crippen molar-refractivity contribution in [1.29, 1.82) is 0 Å². The van der Waals surface area contributed by atoms with E-state index >= 15 is 0 Å². The maximum Gasteiger partial charge on any atom is 0.352 e. The van der Waals surface area contributed by atoms with Crippen molar-refractivity contribution >= 4 is 79.1 Å². The number of thioether (sulfide) groups is 1. The molecule has 5 heterocycles. The van der Waals surface area contributed by atoms with E-state index in [1.54, 1.807) is 28.4 Å². The van der Waals surface area contributed by atoms with Gasteiger partial charge in [-0.05, 0) is 0 Å². The van der Waals surface area contributed by atoms with E-state index in [-0.39, 0.29) is 40.1 Å². The quantitative estimate of drug-likeness (QED) is 0.129. The second kappa shape index (κ2) is 10.0. The molecular weight excluding hydrogens is 556 g/mol. The smallest absolute Gasteiger partial charge is 0.352 e. The normalized spacial score (nSPS) is 19.2. The van der Waals surface area contributed by atoms with Gasteiger partial charge in [-0.25, -0.2) is 19.1 Å². The Hall–Kier alpha value is -4.02. The third-order valence-electron chi connectivity index (χ3n) is 5.87. The van der Waals surface area contributed by atoms with E-state index in [0.29, 0.717) is 11.0 Å². The summed E-state index contributed by atoms with van der Waals surface area (Å²) < 4.78 is 2.48. The number of aromatic nitrogens is 2. The Balaban J connectivity index is 1.37. The number of nitrogen functional groups attached to an aromatic ring is 1. The van der Waals surface area contributed by atoms with Gasteiger partial charge in [-0.15, -0.1) is 34.4 Å². The van der Waals surface area contributed by atoms with Crippen LogP contribution in [0, 0.1) is 0 Å². The minimum Gasteiger partial charge on any atom is -0.478 e. The Morgan fingerprint density at radius 3 is 2.74 bits per heavy atom. The number of thiophene rings is 1. The van der Waals surface area contributed by atoms with E-state index in [9.17, 15) is 29.4 Å². The molecule has 3 aromatic heterocycles. The number of nitrogens with two attached hydrogens (primary N) is 1. The topological polar surface area (TPSA) is 188 Å². The molecule has 0 bridgehead atoms. The molecule has 1 fully saturated rings.